The first-order chi connectivity index (χ1) is 12.8. The molecular weight excluding hydrogens is 388 g/mol. The summed E-state index contributed by atoms with van der Waals surface area (Å²) in [6.45, 7) is 1.90. The van der Waals surface area contributed by atoms with Crippen LogP contribution in [0.5, 0.6) is 11.5 Å². The first-order valence-electron chi connectivity index (χ1n) is 8.06. The molecule has 0 atom stereocenters. The van der Waals surface area contributed by atoms with Crippen LogP contribution < -0.4 is 10.6 Å². The molecule has 0 saturated heterocycles. The van der Waals surface area contributed by atoms with Crippen LogP contribution in [0.3, 0.4) is 0 Å². The van der Waals surface area contributed by atoms with Crippen molar-refractivity contribution >= 4 is 45.4 Å². The second-order valence-electron chi connectivity index (χ2n) is 5.76. The third-order valence-electron chi connectivity index (χ3n) is 3.67. The van der Waals surface area contributed by atoms with E-state index in [1.54, 1.807) is 12.1 Å². The molecule has 1 aromatic heterocycles. The summed E-state index contributed by atoms with van der Waals surface area (Å²) in [6.07, 6.45) is 0.691. The molecule has 2 rings (SSSR count). The molecular formula is C18H20N2O5S2. The van der Waals surface area contributed by atoms with Crippen molar-refractivity contribution in [2.24, 2.45) is 0 Å². The van der Waals surface area contributed by atoms with Gasteiger partial charge in [-0.25, -0.2) is 4.79 Å². The van der Waals surface area contributed by atoms with Gasteiger partial charge in [0.25, 0.3) is 0 Å². The lowest BCUT2D eigenvalue weighted by Crippen LogP contribution is -2.33. The lowest BCUT2D eigenvalue weighted by atomic mass is 10.1. The fraction of sp³-hybridized carbons (Fsp3) is 0.278. The topological polar surface area (TPSA) is 108 Å². The molecule has 0 radical (unpaired) electrons. The van der Waals surface area contributed by atoms with E-state index >= 15 is 0 Å². The summed E-state index contributed by atoms with van der Waals surface area (Å²) in [5.41, 5.74) is 1.14. The number of anilines is 1. The van der Waals surface area contributed by atoms with Gasteiger partial charge in [0.2, 0.25) is 0 Å². The minimum Gasteiger partial charge on any atom is -0.504 e. The Morgan fingerprint density at radius 3 is 2.63 bits per heavy atom. The number of thiophene rings is 1. The average Bonchev–Trinajstić information content (AvgIpc) is 3.00. The van der Waals surface area contributed by atoms with E-state index in [4.69, 9.17) is 17.0 Å². The fourth-order valence-electron chi connectivity index (χ4n) is 2.29. The van der Waals surface area contributed by atoms with Crippen molar-refractivity contribution in [1.29, 1.82) is 0 Å². The van der Waals surface area contributed by atoms with E-state index in [-0.39, 0.29) is 35.4 Å². The Morgan fingerprint density at radius 1 is 1.22 bits per heavy atom. The Morgan fingerprint density at radius 2 is 1.96 bits per heavy atom. The van der Waals surface area contributed by atoms with Crippen LogP contribution in [0.1, 0.15) is 27.2 Å². The number of rotatable bonds is 7. The number of phenolic OH excluding ortho intramolecular Hbond substituents is 2. The van der Waals surface area contributed by atoms with Crippen molar-refractivity contribution < 1.29 is 24.5 Å². The second-order valence-corrected chi connectivity index (χ2v) is 7.43. The number of benzene rings is 1. The maximum atomic E-state index is 12.0. The van der Waals surface area contributed by atoms with Gasteiger partial charge >= 0.3 is 5.97 Å². The van der Waals surface area contributed by atoms with Gasteiger partial charge in [-0.1, -0.05) is 6.07 Å². The van der Waals surface area contributed by atoms with Crippen molar-refractivity contribution in [3.63, 3.8) is 0 Å². The van der Waals surface area contributed by atoms with Gasteiger partial charge in [0.05, 0.1) is 19.2 Å². The number of nitrogens with one attached hydrogen (secondary N) is 2. The highest BCUT2D eigenvalue weighted by Crippen LogP contribution is 2.28. The standard InChI is InChI=1S/C18H20N2O5S2/c1-10-7-13(17(24)25-2)16(27-10)20-18(26)19-9-12(21)5-3-11-4-6-14(22)15(23)8-11/h4,6-8,22-23H,3,5,9H2,1-2H3,(H2,19,20,26). The summed E-state index contributed by atoms with van der Waals surface area (Å²) < 4.78 is 4.74. The summed E-state index contributed by atoms with van der Waals surface area (Å²) in [4.78, 5) is 24.7. The molecule has 4 N–H and O–H groups in total. The largest absolute Gasteiger partial charge is 0.504 e. The quantitative estimate of drug-likeness (QED) is 0.315. The van der Waals surface area contributed by atoms with E-state index in [0.717, 1.165) is 10.4 Å². The normalized spacial score (nSPS) is 10.3. The van der Waals surface area contributed by atoms with Gasteiger partial charge in [0.1, 0.15) is 5.00 Å². The molecule has 27 heavy (non-hydrogen) atoms. The number of ketones is 1. The maximum Gasteiger partial charge on any atom is 0.340 e. The summed E-state index contributed by atoms with van der Waals surface area (Å²) >= 11 is 6.54. The molecule has 0 saturated carbocycles. The molecule has 2 aromatic rings. The third-order valence-corrected chi connectivity index (χ3v) is 4.88. The second kappa shape index (κ2) is 9.33. The first kappa shape index (κ1) is 20.7. The van der Waals surface area contributed by atoms with Gasteiger partial charge in [0, 0.05) is 11.3 Å². The van der Waals surface area contributed by atoms with Gasteiger partial charge in [-0.2, -0.15) is 0 Å². The zero-order chi connectivity index (χ0) is 20.0. The molecule has 0 unspecified atom stereocenters. The maximum absolute atomic E-state index is 12.0. The fourth-order valence-corrected chi connectivity index (χ4v) is 3.43. The van der Waals surface area contributed by atoms with Crippen molar-refractivity contribution in [1.82, 2.24) is 5.32 Å². The molecule has 0 aliphatic rings. The van der Waals surface area contributed by atoms with Gasteiger partial charge < -0.3 is 25.6 Å². The number of aryl methyl sites for hydroxylation is 2. The van der Waals surface area contributed by atoms with Gasteiger partial charge in [-0.15, -0.1) is 11.3 Å². The highest BCUT2D eigenvalue weighted by Gasteiger charge is 2.16. The van der Waals surface area contributed by atoms with Crippen LogP contribution in [0.4, 0.5) is 5.00 Å². The van der Waals surface area contributed by atoms with Gasteiger partial charge in [-0.3, -0.25) is 4.79 Å². The summed E-state index contributed by atoms with van der Waals surface area (Å²) in [5.74, 6) is -0.936. The summed E-state index contributed by atoms with van der Waals surface area (Å²) in [6, 6.07) is 6.17. The van der Waals surface area contributed by atoms with Crippen molar-refractivity contribution in [2.45, 2.75) is 19.8 Å². The van der Waals surface area contributed by atoms with Crippen LogP contribution in [-0.4, -0.2) is 40.7 Å². The molecule has 0 bridgehead atoms. The Labute approximate surface area is 166 Å². The van der Waals surface area contributed by atoms with E-state index in [2.05, 4.69) is 10.6 Å². The number of thiocarbonyl (C=S) groups is 1. The first-order valence-corrected chi connectivity index (χ1v) is 9.28. The van der Waals surface area contributed by atoms with E-state index in [1.165, 1.54) is 30.6 Å². The number of phenols is 2. The molecule has 0 aliphatic carbocycles. The number of carbonyl (C=O) groups excluding carboxylic acids is 2. The van der Waals surface area contributed by atoms with Crippen LogP contribution in [0, 0.1) is 6.92 Å². The number of Topliss-reactive ketones (excluding diaryl/α,β-unsaturated/α-hetero) is 1. The molecule has 7 nitrogen and oxygen atoms in total. The lowest BCUT2D eigenvalue weighted by molar-refractivity contribution is -0.118. The number of hydrogen-bond donors (Lipinski definition) is 4. The van der Waals surface area contributed by atoms with Crippen molar-refractivity contribution in [3.8, 4) is 11.5 Å². The summed E-state index contributed by atoms with van der Waals surface area (Å²) in [5, 5.41) is 25.3. The highest BCUT2D eigenvalue weighted by molar-refractivity contribution is 7.80. The molecule has 144 valence electrons. The molecule has 0 amide bonds. The molecule has 0 aliphatic heterocycles. The number of esters is 1. The lowest BCUT2D eigenvalue weighted by Gasteiger charge is -2.10. The molecule has 0 spiro atoms. The minimum absolute atomic E-state index is 0.0355. The van der Waals surface area contributed by atoms with E-state index < -0.39 is 5.97 Å². The number of hydrogen-bond acceptors (Lipinski definition) is 7. The number of ether oxygens (including phenoxy) is 1. The monoisotopic (exact) mass is 408 g/mol. The summed E-state index contributed by atoms with van der Waals surface area (Å²) in [7, 11) is 1.31. The predicted molar refractivity (Wildman–Crippen MR) is 108 cm³/mol. The van der Waals surface area contributed by atoms with Crippen LogP contribution in [0.2, 0.25) is 0 Å². The SMILES string of the molecule is COC(=O)c1cc(C)sc1NC(=S)NCC(=O)CCc1ccc(O)c(O)c1. The smallest absolute Gasteiger partial charge is 0.340 e. The van der Waals surface area contributed by atoms with E-state index in [0.29, 0.717) is 17.0 Å². The average molecular weight is 409 g/mol. The van der Waals surface area contributed by atoms with E-state index in [1.807, 2.05) is 6.92 Å². The van der Waals surface area contributed by atoms with Crippen LogP contribution in [0.15, 0.2) is 24.3 Å². The van der Waals surface area contributed by atoms with Crippen LogP contribution in [0.25, 0.3) is 0 Å². The third kappa shape index (κ3) is 5.93. The molecule has 1 aromatic carbocycles. The van der Waals surface area contributed by atoms with Crippen molar-refractivity contribution in [3.05, 3.63) is 40.3 Å². The van der Waals surface area contributed by atoms with Crippen LogP contribution >= 0.6 is 23.6 Å². The number of methoxy groups -OCH3 is 1. The molecule has 1 heterocycles. The number of aromatic hydroxyl groups is 2. The minimum atomic E-state index is -0.460. The Hall–Kier alpha value is -2.65. The molecule has 0 fully saturated rings. The highest BCUT2D eigenvalue weighted by atomic mass is 32.1. The van der Waals surface area contributed by atoms with Crippen LogP contribution in [-0.2, 0) is 16.0 Å². The molecule has 9 heteroatoms. The Balaban J connectivity index is 1.82. The number of carbonyl (C=O) groups is 2. The zero-order valence-electron chi connectivity index (χ0n) is 14.9. The zero-order valence-corrected chi connectivity index (χ0v) is 16.5. The Kier molecular flexibility index (Phi) is 7.14. The van der Waals surface area contributed by atoms with Gasteiger partial charge in [0.15, 0.2) is 22.4 Å². The van der Waals surface area contributed by atoms with Gasteiger partial charge in [-0.05, 0) is 49.3 Å². The predicted octanol–water partition coefficient (Wildman–Crippen LogP) is 2.74. The Bertz CT molecular complexity index is 863. The van der Waals surface area contributed by atoms with Crippen molar-refractivity contribution in [2.75, 3.05) is 19.0 Å². The van der Waals surface area contributed by atoms with E-state index in [9.17, 15) is 19.8 Å².